The number of hydrogen-bond donors (Lipinski definition) is 1. The van der Waals surface area contributed by atoms with Gasteiger partial charge in [-0.1, -0.05) is 12.0 Å². The van der Waals surface area contributed by atoms with E-state index in [9.17, 15) is 0 Å². The average molecular weight is 190 g/mol. The Hall–Kier alpha value is -0.780. The average Bonchev–Trinajstić information content (AvgIpc) is 2.67. The van der Waals surface area contributed by atoms with E-state index in [0.29, 0.717) is 12.1 Å². The summed E-state index contributed by atoms with van der Waals surface area (Å²) in [5.74, 6) is 2.77. The minimum Gasteiger partial charge on any atom is -0.314 e. The molecule has 2 rings (SSSR count). The Morgan fingerprint density at radius 2 is 2.50 bits per heavy atom. The Kier molecular flexibility index (Phi) is 2.90. The first kappa shape index (κ1) is 9.76. The molecule has 76 valence electrons. The van der Waals surface area contributed by atoms with Crippen molar-refractivity contribution in [2.24, 2.45) is 0 Å². The highest BCUT2D eigenvalue weighted by Crippen LogP contribution is 2.24. The van der Waals surface area contributed by atoms with Crippen LogP contribution in [0, 0.1) is 12.3 Å². The molecule has 0 radical (unpaired) electrons. The van der Waals surface area contributed by atoms with Crippen LogP contribution in [-0.4, -0.2) is 36.6 Å². The van der Waals surface area contributed by atoms with Crippen molar-refractivity contribution in [1.82, 2.24) is 10.2 Å². The van der Waals surface area contributed by atoms with Crippen molar-refractivity contribution < 1.29 is 0 Å². The van der Waals surface area contributed by atoms with E-state index in [1.807, 2.05) is 0 Å². The molecule has 14 heavy (non-hydrogen) atoms. The van der Waals surface area contributed by atoms with Crippen LogP contribution in [0.25, 0.3) is 0 Å². The Morgan fingerprint density at radius 1 is 1.64 bits per heavy atom. The van der Waals surface area contributed by atoms with Crippen LogP contribution < -0.4 is 5.32 Å². The summed E-state index contributed by atoms with van der Waals surface area (Å²) in [5, 5.41) is 3.41. The van der Waals surface area contributed by atoms with Gasteiger partial charge in [0.05, 0.1) is 0 Å². The van der Waals surface area contributed by atoms with Gasteiger partial charge >= 0.3 is 0 Å². The highest BCUT2D eigenvalue weighted by molar-refractivity contribution is 5.31. The number of terminal acetylenes is 1. The van der Waals surface area contributed by atoms with E-state index in [4.69, 9.17) is 6.42 Å². The molecule has 1 saturated heterocycles. The summed E-state index contributed by atoms with van der Waals surface area (Å²) in [6.45, 7) is 5.66. The molecule has 0 bridgehead atoms. The van der Waals surface area contributed by atoms with E-state index in [0.717, 1.165) is 26.1 Å². The third-order valence-corrected chi connectivity index (χ3v) is 3.27. The Balaban J connectivity index is 2.01. The fourth-order valence-corrected chi connectivity index (χ4v) is 2.43. The van der Waals surface area contributed by atoms with Gasteiger partial charge in [0.15, 0.2) is 0 Å². The number of piperazine rings is 1. The maximum absolute atomic E-state index is 5.41. The first-order chi connectivity index (χ1) is 6.81. The lowest BCUT2D eigenvalue weighted by molar-refractivity contribution is 0.139. The van der Waals surface area contributed by atoms with Crippen LogP contribution in [0.15, 0.2) is 11.6 Å². The second-order valence-electron chi connectivity index (χ2n) is 4.23. The minimum atomic E-state index is 0.596. The number of hydrogen-bond acceptors (Lipinski definition) is 2. The molecule has 1 N–H and O–H groups in total. The van der Waals surface area contributed by atoms with Crippen LogP contribution in [-0.2, 0) is 0 Å². The van der Waals surface area contributed by atoms with Gasteiger partial charge in [-0.3, -0.25) is 4.90 Å². The normalized spacial score (nSPS) is 33.9. The van der Waals surface area contributed by atoms with Gasteiger partial charge in [0, 0.05) is 31.7 Å². The summed E-state index contributed by atoms with van der Waals surface area (Å²) in [7, 11) is 0. The zero-order valence-corrected chi connectivity index (χ0v) is 8.79. The summed E-state index contributed by atoms with van der Waals surface area (Å²) in [6, 6.07) is 1.24. The SMILES string of the molecule is C#CC1=C[C@@H](N2CCNC[C@H]2C)CC1. The molecule has 2 nitrogen and oxygen atoms in total. The molecule has 0 aromatic carbocycles. The van der Waals surface area contributed by atoms with Gasteiger partial charge in [-0.05, 0) is 25.3 Å². The summed E-state index contributed by atoms with van der Waals surface area (Å²) < 4.78 is 0. The molecule has 1 aliphatic heterocycles. The molecule has 1 aliphatic carbocycles. The molecule has 2 aliphatic rings. The quantitative estimate of drug-likeness (QED) is 0.621. The molecular formula is C12H18N2. The largest absolute Gasteiger partial charge is 0.314 e. The van der Waals surface area contributed by atoms with Gasteiger partial charge in [0.2, 0.25) is 0 Å². The monoisotopic (exact) mass is 190 g/mol. The molecule has 2 atom stereocenters. The highest BCUT2D eigenvalue weighted by atomic mass is 15.2. The van der Waals surface area contributed by atoms with Crippen LogP contribution >= 0.6 is 0 Å². The summed E-state index contributed by atoms with van der Waals surface area (Å²) >= 11 is 0. The van der Waals surface area contributed by atoms with Crippen LogP contribution in [0.4, 0.5) is 0 Å². The summed E-state index contributed by atoms with van der Waals surface area (Å²) in [6.07, 6.45) is 10.00. The van der Waals surface area contributed by atoms with Gasteiger partial charge < -0.3 is 5.32 Å². The van der Waals surface area contributed by atoms with E-state index >= 15 is 0 Å². The first-order valence-electron chi connectivity index (χ1n) is 5.45. The van der Waals surface area contributed by atoms with Gasteiger partial charge in [-0.2, -0.15) is 0 Å². The predicted octanol–water partition coefficient (Wildman–Crippen LogP) is 1.00. The second-order valence-corrected chi connectivity index (χ2v) is 4.23. The van der Waals surface area contributed by atoms with Crippen molar-refractivity contribution in [3.05, 3.63) is 11.6 Å². The molecule has 1 fully saturated rings. The van der Waals surface area contributed by atoms with Crippen molar-refractivity contribution in [2.75, 3.05) is 19.6 Å². The Bertz CT molecular complexity index is 275. The maximum Gasteiger partial charge on any atom is 0.0297 e. The molecular weight excluding hydrogens is 172 g/mol. The van der Waals surface area contributed by atoms with Gasteiger partial charge in [-0.25, -0.2) is 0 Å². The van der Waals surface area contributed by atoms with Gasteiger partial charge in [-0.15, -0.1) is 6.42 Å². The minimum absolute atomic E-state index is 0.596. The molecule has 0 aromatic heterocycles. The van der Waals surface area contributed by atoms with Crippen molar-refractivity contribution in [2.45, 2.75) is 31.8 Å². The lowest BCUT2D eigenvalue weighted by Gasteiger charge is -2.37. The molecule has 1 heterocycles. The number of rotatable bonds is 1. The molecule has 0 aromatic rings. The lowest BCUT2D eigenvalue weighted by Crippen LogP contribution is -2.52. The maximum atomic E-state index is 5.41. The van der Waals surface area contributed by atoms with Crippen LogP contribution in [0.5, 0.6) is 0 Å². The zero-order valence-electron chi connectivity index (χ0n) is 8.79. The third-order valence-electron chi connectivity index (χ3n) is 3.27. The standard InChI is InChI=1S/C12H18N2/c1-3-11-4-5-12(8-11)14-7-6-13-9-10(14)2/h1,8,10,12-13H,4-7,9H2,2H3/t10-,12+/m1/s1. The topological polar surface area (TPSA) is 15.3 Å². The fraction of sp³-hybridized carbons (Fsp3) is 0.667. The van der Waals surface area contributed by atoms with Crippen molar-refractivity contribution >= 4 is 0 Å². The van der Waals surface area contributed by atoms with Crippen molar-refractivity contribution in [3.63, 3.8) is 0 Å². The van der Waals surface area contributed by atoms with Gasteiger partial charge in [0.1, 0.15) is 0 Å². The lowest BCUT2D eigenvalue weighted by atomic mass is 10.1. The summed E-state index contributed by atoms with van der Waals surface area (Å²) in [4.78, 5) is 2.57. The number of nitrogens with one attached hydrogen (secondary N) is 1. The third kappa shape index (κ3) is 1.84. The second kappa shape index (κ2) is 4.16. The van der Waals surface area contributed by atoms with E-state index in [2.05, 4.69) is 29.1 Å². The van der Waals surface area contributed by atoms with E-state index in [-0.39, 0.29) is 0 Å². The van der Waals surface area contributed by atoms with E-state index in [1.165, 1.54) is 12.0 Å². The van der Waals surface area contributed by atoms with Crippen LogP contribution in [0.3, 0.4) is 0 Å². The van der Waals surface area contributed by atoms with E-state index < -0.39 is 0 Å². The predicted molar refractivity (Wildman–Crippen MR) is 59.0 cm³/mol. The van der Waals surface area contributed by atoms with Crippen molar-refractivity contribution in [1.29, 1.82) is 0 Å². The highest BCUT2D eigenvalue weighted by Gasteiger charge is 2.27. The van der Waals surface area contributed by atoms with E-state index in [1.54, 1.807) is 0 Å². The Labute approximate surface area is 86.4 Å². The first-order valence-corrected chi connectivity index (χ1v) is 5.45. The summed E-state index contributed by atoms with van der Waals surface area (Å²) in [5.41, 5.74) is 1.20. The number of allylic oxidation sites excluding steroid dienone is 1. The van der Waals surface area contributed by atoms with Gasteiger partial charge in [0.25, 0.3) is 0 Å². The molecule has 0 saturated carbocycles. The molecule has 0 unspecified atom stereocenters. The molecule has 0 amide bonds. The fourth-order valence-electron chi connectivity index (χ4n) is 2.43. The molecule has 0 spiro atoms. The molecule has 2 heteroatoms. The smallest absolute Gasteiger partial charge is 0.0297 e. The Morgan fingerprint density at radius 3 is 3.14 bits per heavy atom. The number of nitrogens with zero attached hydrogens (tertiary/aromatic N) is 1. The van der Waals surface area contributed by atoms with Crippen LogP contribution in [0.2, 0.25) is 0 Å². The van der Waals surface area contributed by atoms with Crippen molar-refractivity contribution in [3.8, 4) is 12.3 Å². The zero-order chi connectivity index (χ0) is 9.97. The van der Waals surface area contributed by atoms with Crippen LogP contribution in [0.1, 0.15) is 19.8 Å².